The van der Waals surface area contributed by atoms with Gasteiger partial charge in [-0.3, -0.25) is 4.79 Å². The molecule has 0 saturated heterocycles. The number of ether oxygens (including phenoxy) is 3. The molecule has 13 fully saturated rings. The van der Waals surface area contributed by atoms with E-state index < -0.39 is 0 Å². The van der Waals surface area contributed by atoms with Crippen molar-refractivity contribution in [2.75, 3.05) is 21.3 Å². The van der Waals surface area contributed by atoms with E-state index >= 15 is 0 Å². The zero-order valence-corrected chi connectivity index (χ0v) is 56.6. The van der Waals surface area contributed by atoms with Crippen molar-refractivity contribution >= 4 is 12.3 Å². The van der Waals surface area contributed by atoms with Crippen molar-refractivity contribution in [2.45, 2.75) is 275 Å². The van der Waals surface area contributed by atoms with Crippen molar-refractivity contribution in [2.24, 2.45) is 156 Å². The van der Waals surface area contributed by atoms with Crippen LogP contribution in [0.1, 0.15) is 256 Å². The van der Waals surface area contributed by atoms with Gasteiger partial charge in [0.05, 0.1) is 25.4 Å². The molecule has 6 nitrogen and oxygen atoms in total. The highest BCUT2D eigenvalue weighted by atomic mass is 16.5. The number of allylic oxidation sites excluding steroid dienone is 3. The molecule has 0 aromatic rings. The van der Waals surface area contributed by atoms with Gasteiger partial charge in [-0.1, -0.05) is 107 Å². The molecule has 6 heteroatoms. The Balaban J connectivity index is 0.000000124. The molecule has 0 radical (unpaired) electrons. The molecule has 84 heavy (non-hydrogen) atoms. The highest BCUT2D eigenvalue weighted by Gasteiger charge is 2.79. The van der Waals surface area contributed by atoms with Crippen LogP contribution >= 0.6 is 0 Å². The first-order valence-corrected chi connectivity index (χ1v) is 36.6. The molecule has 2 spiro atoms. The van der Waals surface area contributed by atoms with E-state index in [4.69, 9.17) is 14.2 Å². The minimum Gasteiger partial charge on any atom is -0.469 e. The molecule has 14 aliphatic carbocycles. The van der Waals surface area contributed by atoms with Gasteiger partial charge in [0.1, 0.15) is 6.29 Å². The Kier molecular flexibility index (Phi) is 16.9. The van der Waals surface area contributed by atoms with Gasteiger partial charge in [0.2, 0.25) is 0 Å². The number of hydrogen-bond acceptors (Lipinski definition) is 6. The van der Waals surface area contributed by atoms with Crippen molar-refractivity contribution in [1.29, 1.82) is 0 Å². The molecule has 18 unspecified atom stereocenters. The number of methoxy groups -OCH3 is 3. The summed E-state index contributed by atoms with van der Waals surface area (Å²) in [5, 5.41) is 10.2. The largest absolute Gasteiger partial charge is 0.469 e. The zero-order chi connectivity index (χ0) is 59.9. The molecule has 0 aliphatic heterocycles. The SMILES string of the molecule is CCC(/C=C/C(C)C1CCC2C3CC=C4C[C@H](O)CC[C@]4(C)C3CC[C@]12C)C(C)C.COC(=O)CC[C@@H](C)C1CCC2C3C[C@@H](OC)C45CC4CC[C@]5(C)C3CC[C@@]21C.CO[C@@H]1CC2C3CCC([C@H](C)C=O)[C@@]3(C)CCC2[C@@]2(C)CCC3CC312. The van der Waals surface area contributed by atoms with Gasteiger partial charge in [-0.2, -0.15) is 0 Å². The number of esters is 1. The Labute approximate surface area is 514 Å². The van der Waals surface area contributed by atoms with Crippen molar-refractivity contribution in [1.82, 2.24) is 0 Å². The van der Waals surface area contributed by atoms with Gasteiger partial charge in [0.25, 0.3) is 0 Å². The first-order valence-electron chi connectivity index (χ1n) is 36.6. The lowest BCUT2D eigenvalue weighted by Crippen LogP contribution is -2.57. The van der Waals surface area contributed by atoms with E-state index in [1.165, 1.54) is 161 Å². The molecule has 0 aromatic heterocycles. The van der Waals surface area contributed by atoms with Gasteiger partial charge >= 0.3 is 5.97 Å². The number of aliphatic hydroxyl groups is 1. The Hall–Kier alpha value is -1.50. The van der Waals surface area contributed by atoms with Crippen LogP contribution in [0.2, 0.25) is 0 Å². The minimum atomic E-state index is -0.0870. The van der Waals surface area contributed by atoms with Crippen LogP contribution < -0.4 is 0 Å². The highest BCUT2D eigenvalue weighted by Crippen LogP contribution is 2.84. The van der Waals surface area contributed by atoms with Crippen LogP contribution in [0.5, 0.6) is 0 Å². The minimum absolute atomic E-state index is 0.0473. The van der Waals surface area contributed by atoms with E-state index in [-0.39, 0.29) is 18.0 Å². The second kappa shape index (κ2) is 22.7. The average molecular weight is 1160 g/mol. The molecule has 0 heterocycles. The van der Waals surface area contributed by atoms with Crippen LogP contribution in [0.25, 0.3) is 0 Å². The molecule has 0 aromatic carbocycles. The van der Waals surface area contributed by atoms with Gasteiger partial charge in [-0.05, 0) is 306 Å². The van der Waals surface area contributed by atoms with Crippen molar-refractivity contribution in [3.05, 3.63) is 23.8 Å². The summed E-state index contributed by atoms with van der Waals surface area (Å²) in [6.45, 7) is 29.8. The maximum Gasteiger partial charge on any atom is 0.305 e. The molecular formula is C78H126O6. The van der Waals surface area contributed by atoms with E-state index in [0.29, 0.717) is 79.7 Å². The summed E-state index contributed by atoms with van der Waals surface area (Å²) >= 11 is 0. The van der Waals surface area contributed by atoms with E-state index in [1.54, 1.807) is 5.57 Å². The van der Waals surface area contributed by atoms with E-state index in [1.807, 2.05) is 14.2 Å². The summed E-state index contributed by atoms with van der Waals surface area (Å²) in [4.78, 5) is 23.2. The van der Waals surface area contributed by atoms with E-state index in [0.717, 1.165) is 108 Å². The summed E-state index contributed by atoms with van der Waals surface area (Å²) in [6.07, 6.45) is 45.1. The van der Waals surface area contributed by atoms with Crippen molar-refractivity contribution < 1.29 is 28.9 Å². The fourth-order valence-corrected chi connectivity index (χ4v) is 28.6. The summed E-state index contributed by atoms with van der Waals surface area (Å²) < 4.78 is 17.3. The van der Waals surface area contributed by atoms with Crippen molar-refractivity contribution in [3.63, 3.8) is 0 Å². The number of aliphatic hydroxyl groups excluding tert-OH is 1. The Bertz CT molecular complexity index is 2460. The predicted molar refractivity (Wildman–Crippen MR) is 341 cm³/mol. The molecule has 1 N–H and O–H groups in total. The number of fused-ring (bicyclic) bond motifs is 13. The smallest absolute Gasteiger partial charge is 0.305 e. The first-order chi connectivity index (χ1) is 39.9. The standard InChI is InChI=1S/C29H48O.C26H42O3.C23H36O2/c1-7-21(19(2)3)9-8-20(4)25-12-13-26-24-11-10-22-18-23(30)14-16-28(22,5)27(24)15-17-29(25,26)6;1-16(6-9-23(27)29-5)19-7-8-20-18-14-22(28-4)26-15-17(26)10-13-25(26,3)21(18)11-12-24(19,20)2;1-14(13-24)17-5-6-18-16-11-20(25-4)23-12-15(23)7-10-22(23,3)19(16)8-9-21(17,18)2/h8-10,19-21,23-27,30H,7,11-18H2,1-6H3;16-22H,6-15H2,1-5H3;13-20H,5-12H2,1-4H3/b9-8+;;/t20?,21?,23-,24?,25?,26?,27?,28+,29-;16-,17?,18?,19?,20?,21?,22-,24-,25-,26?;14-,15?,16?,17?,18?,19?,20-,21-,22-,23?/m111/s1. The lowest BCUT2D eigenvalue weighted by Gasteiger charge is -2.61. The van der Waals surface area contributed by atoms with Crippen LogP contribution in [0.3, 0.4) is 0 Å². The van der Waals surface area contributed by atoms with Crippen LogP contribution in [-0.2, 0) is 23.8 Å². The first kappa shape index (κ1) is 62.7. The monoisotopic (exact) mass is 1160 g/mol. The van der Waals surface area contributed by atoms with E-state index in [2.05, 4.69) is 101 Å². The lowest BCUT2D eigenvalue weighted by molar-refractivity contribution is -0.161. The van der Waals surface area contributed by atoms with Gasteiger partial charge in [-0.15, -0.1) is 0 Å². The number of rotatable bonds is 13. The second-order valence-electron chi connectivity index (χ2n) is 35.5. The number of aldehydes is 1. The average Bonchev–Trinajstić information content (AvgIpc) is 1.49. The van der Waals surface area contributed by atoms with Gasteiger partial charge in [0, 0.05) is 37.4 Å². The Morgan fingerprint density at radius 1 is 0.595 bits per heavy atom. The molecule has 13 saturated carbocycles. The zero-order valence-electron chi connectivity index (χ0n) is 56.6. The van der Waals surface area contributed by atoms with Crippen LogP contribution in [0.15, 0.2) is 23.8 Å². The predicted octanol–water partition coefficient (Wildman–Crippen LogP) is 18.8. The summed E-state index contributed by atoms with van der Waals surface area (Å²) in [5.74, 6) is 15.0. The number of carbonyl (C=O) groups excluding carboxylic acids is 2. The molecule has 14 rings (SSSR count). The third-order valence-corrected chi connectivity index (χ3v) is 33.1. The summed E-state index contributed by atoms with van der Waals surface area (Å²) in [6, 6.07) is 0. The van der Waals surface area contributed by atoms with Gasteiger partial charge in [0.15, 0.2) is 0 Å². The Morgan fingerprint density at radius 3 is 1.58 bits per heavy atom. The van der Waals surface area contributed by atoms with Crippen LogP contribution in [0, 0.1) is 156 Å². The normalized spacial score (nSPS) is 52.6. The topological polar surface area (TPSA) is 82.1 Å². The number of carbonyl (C=O) groups is 2. The van der Waals surface area contributed by atoms with Gasteiger partial charge in [-0.25, -0.2) is 0 Å². The molecule has 474 valence electrons. The third-order valence-electron chi connectivity index (χ3n) is 33.1. The quantitative estimate of drug-likeness (QED) is 0.112. The maximum atomic E-state index is 11.7. The lowest BCUT2D eigenvalue weighted by atomic mass is 9.45. The fraction of sp³-hybridized carbons (Fsp3) is 0.923. The second-order valence-corrected chi connectivity index (χ2v) is 35.5. The molecule has 14 aliphatic rings. The van der Waals surface area contributed by atoms with Crippen LogP contribution in [0.4, 0.5) is 0 Å². The Morgan fingerprint density at radius 2 is 1.10 bits per heavy atom. The molecule has 0 bridgehead atoms. The molecule has 29 atom stereocenters. The number of hydrogen-bond donors (Lipinski definition) is 1. The maximum absolute atomic E-state index is 11.7. The molecular weight excluding hydrogens is 1030 g/mol. The third kappa shape index (κ3) is 9.25. The van der Waals surface area contributed by atoms with Crippen LogP contribution in [-0.4, -0.2) is 57.0 Å². The fourth-order valence-electron chi connectivity index (χ4n) is 28.6. The van der Waals surface area contributed by atoms with E-state index in [9.17, 15) is 14.7 Å². The van der Waals surface area contributed by atoms with Gasteiger partial charge < -0.3 is 24.1 Å². The molecule has 0 amide bonds. The van der Waals surface area contributed by atoms with Crippen molar-refractivity contribution in [3.8, 4) is 0 Å². The summed E-state index contributed by atoms with van der Waals surface area (Å²) in [5.41, 5.74) is 5.47. The highest BCUT2D eigenvalue weighted by molar-refractivity contribution is 5.69. The summed E-state index contributed by atoms with van der Waals surface area (Å²) in [7, 11) is 5.47.